The first kappa shape index (κ1) is 17.9. The molecule has 2 heterocycles. The van der Waals surface area contributed by atoms with Gasteiger partial charge in [0.05, 0.1) is 22.5 Å². The number of rotatable bonds is 4. The third kappa shape index (κ3) is 3.72. The molecule has 9 nitrogen and oxygen atoms in total. The molecule has 3 rings (SSSR count). The van der Waals surface area contributed by atoms with Crippen LogP contribution < -0.4 is 16.6 Å². The number of carbonyl (C=O) groups excluding carboxylic acids is 1. The Kier molecular flexibility index (Phi) is 4.76. The fourth-order valence-electron chi connectivity index (χ4n) is 2.48. The maximum atomic E-state index is 13.4. The van der Waals surface area contributed by atoms with Crippen molar-refractivity contribution in [1.29, 1.82) is 5.26 Å². The lowest BCUT2D eigenvalue weighted by atomic mass is 10.2. The van der Waals surface area contributed by atoms with Crippen LogP contribution in [0.2, 0.25) is 0 Å². The fourth-order valence-corrected chi connectivity index (χ4v) is 2.48. The molecule has 0 fully saturated rings. The van der Waals surface area contributed by atoms with Crippen LogP contribution in [-0.4, -0.2) is 25.4 Å². The quantitative estimate of drug-likeness (QED) is 0.683. The summed E-state index contributed by atoms with van der Waals surface area (Å²) in [5.74, 6) is -0.989. The Labute approximate surface area is 151 Å². The first-order valence-corrected chi connectivity index (χ1v) is 7.83. The van der Waals surface area contributed by atoms with Crippen molar-refractivity contribution in [1.82, 2.24) is 24.8 Å². The first-order chi connectivity index (χ1) is 12.9. The highest BCUT2D eigenvalue weighted by Gasteiger charge is 2.16. The molecule has 0 saturated heterocycles. The van der Waals surface area contributed by atoms with Gasteiger partial charge in [-0.3, -0.25) is 14.2 Å². The molecule has 2 aromatic heterocycles. The molecular weight excluding hydrogens is 355 g/mol. The summed E-state index contributed by atoms with van der Waals surface area (Å²) in [6.07, 6.45) is 2.64. The van der Waals surface area contributed by atoms with Crippen molar-refractivity contribution < 1.29 is 9.18 Å². The van der Waals surface area contributed by atoms with Crippen molar-refractivity contribution in [2.24, 2.45) is 0 Å². The van der Waals surface area contributed by atoms with Crippen LogP contribution >= 0.6 is 0 Å². The van der Waals surface area contributed by atoms with Crippen molar-refractivity contribution in [2.75, 3.05) is 0 Å². The molecule has 10 heteroatoms. The second kappa shape index (κ2) is 7.17. The van der Waals surface area contributed by atoms with Gasteiger partial charge in [-0.2, -0.15) is 5.26 Å². The predicted molar refractivity (Wildman–Crippen MR) is 92.1 cm³/mol. The van der Waals surface area contributed by atoms with Crippen molar-refractivity contribution in [2.45, 2.75) is 19.5 Å². The summed E-state index contributed by atoms with van der Waals surface area (Å²) >= 11 is 0. The van der Waals surface area contributed by atoms with E-state index in [-0.39, 0.29) is 22.3 Å². The van der Waals surface area contributed by atoms with E-state index in [1.54, 1.807) is 6.92 Å². The van der Waals surface area contributed by atoms with E-state index < -0.39 is 35.6 Å². The predicted octanol–water partition coefficient (Wildman–Crippen LogP) is 0.368. The van der Waals surface area contributed by atoms with Gasteiger partial charge in [-0.25, -0.2) is 19.2 Å². The highest BCUT2D eigenvalue weighted by atomic mass is 19.1. The van der Waals surface area contributed by atoms with Crippen LogP contribution in [0, 0.1) is 17.1 Å². The topological polar surface area (TPSA) is 134 Å². The molecule has 1 atom stereocenters. The molecule has 0 radical (unpaired) electrons. The van der Waals surface area contributed by atoms with E-state index in [4.69, 9.17) is 5.26 Å². The zero-order chi connectivity index (χ0) is 19.6. The van der Waals surface area contributed by atoms with Crippen molar-refractivity contribution in [3.05, 3.63) is 68.6 Å². The number of nitriles is 1. The number of carbonyl (C=O) groups is 1. The monoisotopic (exact) mass is 368 g/mol. The number of nitrogens with one attached hydrogen (secondary N) is 2. The van der Waals surface area contributed by atoms with Gasteiger partial charge in [0.25, 0.3) is 5.56 Å². The van der Waals surface area contributed by atoms with E-state index >= 15 is 0 Å². The smallest absolute Gasteiger partial charge is 0.329 e. The van der Waals surface area contributed by atoms with Crippen molar-refractivity contribution in [3.63, 3.8) is 0 Å². The highest BCUT2D eigenvalue weighted by Crippen LogP contribution is 2.08. The molecule has 0 aliphatic carbocycles. The summed E-state index contributed by atoms with van der Waals surface area (Å²) in [4.78, 5) is 47.1. The van der Waals surface area contributed by atoms with Crippen molar-refractivity contribution in [3.8, 4) is 6.07 Å². The maximum absolute atomic E-state index is 13.4. The van der Waals surface area contributed by atoms with Crippen LogP contribution in [0.5, 0.6) is 0 Å². The molecule has 136 valence electrons. The van der Waals surface area contributed by atoms with Crippen LogP contribution in [0.1, 0.15) is 24.4 Å². The number of aromatic nitrogens is 4. The van der Waals surface area contributed by atoms with E-state index in [1.165, 1.54) is 18.5 Å². The second-order valence-electron chi connectivity index (χ2n) is 5.74. The van der Waals surface area contributed by atoms with Gasteiger partial charge >= 0.3 is 5.69 Å². The standard InChI is InChI=1S/C17H13FN6O3/c1-9(15-20-6-10(5-19)7-21-15)22-14(25)8-24-16(26)12-4-11(18)2-3-13(12)23-17(24)27/h2-4,6-7,9H,8H2,1H3,(H,22,25)(H,23,27)/t9-/m0/s1. The van der Waals surface area contributed by atoms with Gasteiger partial charge in [0.2, 0.25) is 5.91 Å². The zero-order valence-corrected chi connectivity index (χ0v) is 14.1. The summed E-state index contributed by atoms with van der Waals surface area (Å²) in [5.41, 5.74) is -1.09. The summed E-state index contributed by atoms with van der Waals surface area (Å²) < 4.78 is 14.1. The third-order valence-electron chi connectivity index (χ3n) is 3.81. The van der Waals surface area contributed by atoms with Gasteiger partial charge in [0.1, 0.15) is 24.3 Å². The summed E-state index contributed by atoms with van der Waals surface area (Å²) in [6, 6.07) is 4.66. The SMILES string of the molecule is C[C@H](NC(=O)Cn1c(=O)[nH]c2ccc(F)cc2c1=O)c1ncc(C#N)cn1. The molecule has 27 heavy (non-hydrogen) atoms. The van der Waals surface area contributed by atoms with Gasteiger partial charge in [0, 0.05) is 12.4 Å². The van der Waals surface area contributed by atoms with Gasteiger partial charge in [-0.05, 0) is 25.1 Å². The van der Waals surface area contributed by atoms with E-state index in [9.17, 15) is 18.8 Å². The molecule has 0 bridgehead atoms. The molecule has 0 unspecified atom stereocenters. The van der Waals surface area contributed by atoms with Gasteiger partial charge in [0.15, 0.2) is 0 Å². The minimum atomic E-state index is -0.781. The van der Waals surface area contributed by atoms with Crippen LogP contribution in [-0.2, 0) is 11.3 Å². The second-order valence-corrected chi connectivity index (χ2v) is 5.74. The molecule has 1 aromatic carbocycles. The number of hydrogen-bond donors (Lipinski definition) is 2. The summed E-state index contributed by atoms with van der Waals surface area (Å²) in [6.45, 7) is 1.06. The third-order valence-corrected chi connectivity index (χ3v) is 3.81. The Hall–Kier alpha value is -3.87. The Morgan fingerprint density at radius 3 is 2.74 bits per heavy atom. The number of aromatic amines is 1. The molecule has 2 N–H and O–H groups in total. The fraction of sp³-hybridized carbons (Fsp3) is 0.176. The molecule has 0 spiro atoms. The van der Waals surface area contributed by atoms with Crippen LogP contribution in [0.15, 0.2) is 40.2 Å². The first-order valence-electron chi connectivity index (χ1n) is 7.83. The van der Waals surface area contributed by atoms with Crippen molar-refractivity contribution >= 4 is 16.8 Å². The van der Waals surface area contributed by atoms with Gasteiger partial charge < -0.3 is 10.3 Å². The number of amides is 1. The largest absolute Gasteiger partial charge is 0.345 e. The van der Waals surface area contributed by atoms with E-state index in [2.05, 4.69) is 20.3 Å². The Bertz CT molecular complexity index is 1180. The number of nitrogens with zero attached hydrogens (tertiary/aromatic N) is 4. The molecule has 1 amide bonds. The normalized spacial score (nSPS) is 11.7. The Morgan fingerprint density at radius 2 is 2.07 bits per heavy atom. The van der Waals surface area contributed by atoms with E-state index in [0.717, 1.165) is 12.1 Å². The summed E-state index contributed by atoms with van der Waals surface area (Å²) in [7, 11) is 0. The average molecular weight is 368 g/mol. The lowest BCUT2D eigenvalue weighted by molar-refractivity contribution is -0.122. The minimum absolute atomic E-state index is 0.0362. The maximum Gasteiger partial charge on any atom is 0.329 e. The molecule has 0 aliphatic heterocycles. The molecule has 0 saturated carbocycles. The summed E-state index contributed by atoms with van der Waals surface area (Å²) in [5, 5.41) is 11.3. The number of hydrogen-bond acceptors (Lipinski definition) is 6. The lowest BCUT2D eigenvalue weighted by Gasteiger charge is -2.13. The molecular formula is C17H13FN6O3. The number of H-pyrrole nitrogens is 1. The van der Waals surface area contributed by atoms with Gasteiger partial charge in [-0.15, -0.1) is 0 Å². The van der Waals surface area contributed by atoms with Crippen LogP contribution in [0.25, 0.3) is 10.9 Å². The highest BCUT2D eigenvalue weighted by molar-refractivity contribution is 5.79. The van der Waals surface area contributed by atoms with Crippen LogP contribution in [0.3, 0.4) is 0 Å². The van der Waals surface area contributed by atoms with E-state index in [0.29, 0.717) is 4.57 Å². The van der Waals surface area contributed by atoms with Crippen LogP contribution in [0.4, 0.5) is 4.39 Å². The number of halogens is 1. The zero-order valence-electron chi connectivity index (χ0n) is 14.1. The Balaban J connectivity index is 1.82. The number of benzene rings is 1. The molecule has 0 aliphatic rings. The molecule has 3 aromatic rings. The Morgan fingerprint density at radius 1 is 1.37 bits per heavy atom. The average Bonchev–Trinajstić information content (AvgIpc) is 2.66. The lowest BCUT2D eigenvalue weighted by Crippen LogP contribution is -2.41. The van der Waals surface area contributed by atoms with E-state index in [1.807, 2.05) is 6.07 Å². The van der Waals surface area contributed by atoms with Gasteiger partial charge in [-0.1, -0.05) is 0 Å². The minimum Gasteiger partial charge on any atom is -0.345 e. The number of fused-ring (bicyclic) bond motifs is 1.